The molecule has 0 spiro atoms. The number of hydrogen-bond acceptors (Lipinski definition) is 3. The van der Waals surface area contributed by atoms with E-state index < -0.39 is 8.60 Å². The van der Waals surface area contributed by atoms with Gasteiger partial charge in [-0.05, 0) is 167 Å². The van der Waals surface area contributed by atoms with Gasteiger partial charge in [0.2, 0.25) is 0 Å². The molecule has 0 aliphatic heterocycles. The minimum atomic E-state index is -2.24. The lowest BCUT2D eigenvalue weighted by Crippen LogP contribution is -2.26. The fourth-order valence-electron chi connectivity index (χ4n) is 13.1. The van der Waals surface area contributed by atoms with E-state index in [-0.39, 0.29) is 65.0 Å². The Bertz CT molecular complexity index is 3140. The molecule has 0 unspecified atom stereocenters. The Hall–Kier alpha value is -4.85. The van der Waals surface area contributed by atoms with Crippen molar-refractivity contribution in [2.75, 3.05) is 0 Å². The van der Waals surface area contributed by atoms with Gasteiger partial charge >= 0.3 is 8.60 Å². The highest BCUT2D eigenvalue weighted by atomic mass is 31.2. The zero-order chi connectivity index (χ0) is 67.4. The second-order valence-electron chi connectivity index (χ2n) is 38.4. The second-order valence-corrected chi connectivity index (χ2v) is 39.4. The monoisotopic (exact) mass is 1210 g/mol. The Balaban J connectivity index is 1.78. The first-order valence-corrected chi connectivity index (χ1v) is 34.2. The van der Waals surface area contributed by atoms with E-state index >= 15 is 0 Å². The molecule has 4 heteroatoms. The predicted octanol–water partition coefficient (Wildman–Crippen LogP) is 26.0. The fourth-order valence-corrected chi connectivity index (χ4v) is 14.2. The lowest BCUT2D eigenvalue weighted by molar-refractivity contribution is 0.368. The van der Waals surface area contributed by atoms with Crippen LogP contribution in [0, 0.1) is 0 Å². The molecule has 0 atom stereocenters. The normalized spacial score (nSPS) is 14.0. The van der Waals surface area contributed by atoms with Crippen molar-refractivity contribution in [1.82, 2.24) is 0 Å². The van der Waals surface area contributed by atoms with E-state index in [4.69, 9.17) is 13.6 Å². The third-order valence-corrected chi connectivity index (χ3v) is 18.5. The average molecular weight is 1210 g/mol. The van der Waals surface area contributed by atoms with Crippen LogP contribution in [0.25, 0.3) is 33.4 Å². The van der Waals surface area contributed by atoms with Gasteiger partial charge < -0.3 is 13.6 Å². The molecule has 0 aliphatic carbocycles. The van der Waals surface area contributed by atoms with E-state index in [2.05, 4.69) is 340 Å². The summed E-state index contributed by atoms with van der Waals surface area (Å²) in [5.74, 6) is 2.31. The van der Waals surface area contributed by atoms with Crippen LogP contribution in [0.2, 0.25) is 0 Å². The summed E-state index contributed by atoms with van der Waals surface area (Å²) in [7, 11) is -2.24. The zero-order valence-electron chi connectivity index (χ0n) is 62.8. The molecule has 0 amide bonds. The first-order chi connectivity index (χ1) is 39.3. The minimum absolute atomic E-state index is 0.00138. The second kappa shape index (κ2) is 23.7. The van der Waals surface area contributed by atoms with Crippen LogP contribution in [0.15, 0.2) is 91.0 Å². The van der Waals surface area contributed by atoms with Crippen LogP contribution in [-0.2, 0) is 65.0 Å². The Morgan fingerprint density at radius 2 is 0.375 bits per heavy atom. The first-order valence-electron chi connectivity index (χ1n) is 33.1. The molecule has 0 N–H and O–H groups in total. The van der Waals surface area contributed by atoms with Gasteiger partial charge in [-0.3, -0.25) is 0 Å². The smallest absolute Gasteiger partial charge is 0.408 e. The predicted molar refractivity (Wildman–Crippen MR) is 389 cm³/mol. The van der Waals surface area contributed by atoms with Crippen LogP contribution in [0.4, 0.5) is 0 Å². The molecular weight excluding hydrogens is 1090 g/mol. The molecule has 0 saturated heterocycles. The first kappa shape index (κ1) is 72.2. The summed E-state index contributed by atoms with van der Waals surface area (Å²) in [5, 5.41) is 0. The molecule has 3 nitrogen and oxygen atoms in total. The number of benzene rings is 6. The van der Waals surface area contributed by atoms with E-state index in [1.54, 1.807) is 0 Å². The van der Waals surface area contributed by atoms with E-state index in [9.17, 15) is 0 Å². The molecule has 88 heavy (non-hydrogen) atoms. The summed E-state index contributed by atoms with van der Waals surface area (Å²) < 4.78 is 23.5. The van der Waals surface area contributed by atoms with E-state index in [0.717, 1.165) is 33.9 Å². The van der Waals surface area contributed by atoms with Crippen molar-refractivity contribution in [2.24, 2.45) is 0 Å². The molecule has 0 saturated carbocycles. The fraction of sp³-hybridized carbons (Fsp3) is 0.571. The van der Waals surface area contributed by atoms with Crippen molar-refractivity contribution in [3.05, 3.63) is 158 Å². The van der Waals surface area contributed by atoms with Gasteiger partial charge in [0.05, 0.1) is 0 Å². The topological polar surface area (TPSA) is 27.7 Å². The maximum Gasteiger partial charge on any atom is 0.530 e. The highest BCUT2D eigenvalue weighted by Gasteiger charge is 2.41. The van der Waals surface area contributed by atoms with E-state index in [0.29, 0.717) is 0 Å². The number of rotatable bonds is 9. The Labute approximate surface area is 541 Å². The molecule has 6 aromatic carbocycles. The summed E-state index contributed by atoms with van der Waals surface area (Å²) in [5.41, 5.74) is 20.5. The molecule has 0 fully saturated rings. The van der Waals surface area contributed by atoms with Crippen LogP contribution in [0.3, 0.4) is 0 Å². The molecule has 0 aliphatic rings. The summed E-state index contributed by atoms with van der Waals surface area (Å²) in [6.07, 6.45) is 0. The van der Waals surface area contributed by atoms with Crippen LogP contribution < -0.4 is 13.6 Å². The van der Waals surface area contributed by atoms with Crippen molar-refractivity contribution in [2.45, 2.75) is 314 Å². The average Bonchev–Trinajstić information content (AvgIpc) is 0.757. The Morgan fingerprint density at radius 1 is 0.193 bits per heavy atom. The van der Waals surface area contributed by atoms with Crippen LogP contribution >= 0.6 is 8.60 Å². The zero-order valence-corrected chi connectivity index (χ0v) is 63.7. The SMILES string of the molecule is CC(C)(C)c1ccc(-c2ccc(OP(Oc3ccc(-c4ccc(C(C)(C)C)cc4C(C)(C)C)c(C(C)(C)C)c3C(C)(C)C)Oc3ccc(-c4ccc(C(C)(C)C)cc4C(C)(C)C)c(C(C)(C)C)c3C(C)(C)C)c(C(C)(C)C)c2C(C)(C)C)c(C(C)(C)C)c1. The van der Waals surface area contributed by atoms with Gasteiger partial charge in [0.1, 0.15) is 17.2 Å². The van der Waals surface area contributed by atoms with Gasteiger partial charge in [-0.15, -0.1) is 0 Å². The molecule has 6 aromatic rings. The molecule has 482 valence electrons. The summed E-state index contributed by atoms with van der Waals surface area (Å²) in [4.78, 5) is 0. The maximum absolute atomic E-state index is 7.82. The van der Waals surface area contributed by atoms with Gasteiger partial charge in [-0.25, -0.2) is 0 Å². The highest BCUT2D eigenvalue weighted by Crippen LogP contribution is 2.57. The van der Waals surface area contributed by atoms with Crippen molar-refractivity contribution >= 4 is 8.60 Å². The molecular formula is C84H123O3P. The van der Waals surface area contributed by atoms with Crippen molar-refractivity contribution in [1.29, 1.82) is 0 Å². The van der Waals surface area contributed by atoms with Crippen molar-refractivity contribution in [3.8, 4) is 50.6 Å². The molecule has 0 aromatic heterocycles. The lowest BCUT2D eigenvalue weighted by Gasteiger charge is -2.38. The van der Waals surface area contributed by atoms with E-state index in [1.165, 1.54) is 83.5 Å². The van der Waals surface area contributed by atoms with Gasteiger partial charge in [0, 0.05) is 16.7 Å². The largest absolute Gasteiger partial charge is 0.530 e. The van der Waals surface area contributed by atoms with Gasteiger partial charge in [0.25, 0.3) is 0 Å². The van der Waals surface area contributed by atoms with E-state index in [1.807, 2.05) is 0 Å². The molecule has 0 bridgehead atoms. The summed E-state index contributed by atoms with van der Waals surface area (Å²) >= 11 is 0. The highest BCUT2D eigenvalue weighted by molar-refractivity contribution is 7.43. The molecule has 0 heterocycles. The summed E-state index contributed by atoms with van der Waals surface area (Å²) in [6.45, 7) is 84.3. The van der Waals surface area contributed by atoms with Gasteiger partial charge in [-0.1, -0.05) is 322 Å². The van der Waals surface area contributed by atoms with Crippen molar-refractivity contribution < 1.29 is 13.6 Å². The maximum atomic E-state index is 7.82. The van der Waals surface area contributed by atoms with Crippen LogP contribution in [-0.4, -0.2) is 0 Å². The van der Waals surface area contributed by atoms with Gasteiger partial charge in [0.15, 0.2) is 0 Å². The summed E-state index contributed by atoms with van der Waals surface area (Å²) in [6, 6.07) is 35.3. The van der Waals surface area contributed by atoms with Crippen molar-refractivity contribution in [3.63, 3.8) is 0 Å². The molecule has 0 radical (unpaired) electrons. The molecule has 6 rings (SSSR count). The Kier molecular flexibility index (Phi) is 19.4. The van der Waals surface area contributed by atoms with Crippen LogP contribution in [0.1, 0.15) is 316 Å². The van der Waals surface area contributed by atoms with Crippen LogP contribution in [0.5, 0.6) is 17.2 Å². The van der Waals surface area contributed by atoms with Gasteiger partial charge in [-0.2, -0.15) is 0 Å². The number of hydrogen-bond donors (Lipinski definition) is 0. The third kappa shape index (κ3) is 15.9. The quantitative estimate of drug-likeness (QED) is 0.135. The third-order valence-electron chi connectivity index (χ3n) is 17.5. The Morgan fingerprint density at radius 3 is 0.534 bits per heavy atom. The minimum Gasteiger partial charge on any atom is -0.408 e. The lowest BCUT2D eigenvalue weighted by atomic mass is 9.70. The standard InChI is InChI=1S/C84H123O3P/c1-73(2,3)52-37-40-55(61(49-52)76(10,11)12)58-43-46-64(70(82(28,29)30)67(58)79(19,20)21)85-88(86-65-47-44-59(68(80(22,23)24)71(65)83(31,32)33)56-41-38-53(74(4,5)6)50-62(56)77(13,14)15)87-66-48-45-60(69(81(25,26)27)72(66)84(34,35)36)57-42-39-54(75(7,8)9)51-63(57)78(16,17)18/h37-51H,1-36H3.